The van der Waals surface area contributed by atoms with Gasteiger partial charge >= 0.3 is 0 Å². The molecule has 0 bridgehead atoms. The molecule has 0 saturated carbocycles. The first kappa shape index (κ1) is 10.7. The van der Waals surface area contributed by atoms with Crippen molar-refractivity contribution in [3.63, 3.8) is 0 Å². The molecule has 74 valence electrons. The van der Waals surface area contributed by atoms with Crippen LogP contribution in [0.2, 0.25) is 0 Å². The summed E-state index contributed by atoms with van der Waals surface area (Å²) in [6, 6.07) is 9.96. The number of hydrogen-bond donors (Lipinski definition) is 1. The molecule has 0 fully saturated rings. The van der Waals surface area contributed by atoms with Crippen LogP contribution in [0.5, 0.6) is 0 Å². The number of rotatable bonds is 5. The highest BCUT2D eigenvalue weighted by Crippen LogP contribution is 2.05. The van der Waals surface area contributed by atoms with Crippen LogP contribution in [0.15, 0.2) is 49.1 Å². The highest BCUT2D eigenvalue weighted by Gasteiger charge is 1.95. The molecule has 1 atom stereocenters. The Bertz CT molecular complexity index is 287. The van der Waals surface area contributed by atoms with Crippen molar-refractivity contribution in [1.29, 1.82) is 0 Å². The van der Waals surface area contributed by atoms with Crippen LogP contribution in [0.25, 0.3) is 6.08 Å². The van der Waals surface area contributed by atoms with Crippen LogP contribution < -0.4 is 0 Å². The van der Waals surface area contributed by atoms with Gasteiger partial charge in [-0.3, -0.25) is 0 Å². The average molecular weight is 188 g/mol. The van der Waals surface area contributed by atoms with Crippen LogP contribution >= 0.6 is 0 Å². The molecule has 1 unspecified atom stereocenters. The SMILES string of the molecule is C=CCCC(O)C=Cc1ccccc1. The Labute approximate surface area is 85.4 Å². The molecule has 0 aromatic heterocycles. The van der Waals surface area contributed by atoms with Gasteiger partial charge in [0, 0.05) is 0 Å². The van der Waals surface area contributed by atoms with Gasteiger partial charge < -0.3 is 5.11 Å². The van der Waals surface area contributed by atoms with Crippen molar-refractivity contribution < 1.29 is 5.11 Å². The minimum Gasteiger partial charge on any atom is -0.389 e. The second-order valence-electron chi connectivity index (χ2n) is 3.20. The largest absolute Gasteiger partial charge is 0.389 e. The van der Waals surface area contributed by atoms with E-state index in [9.17, 15) is 5.11 Å². The topological polar surface area (TPSA) is 20.2 Å². The maximum atomic E-state index is 9.51. The van der Waals surface area contributed by atoms with E-state index in [0.29, 0.717) is 0 Å². The van der Waals surface area contributed by atoms with Crippen LogP contribution in [-0.2, 0) is 0 Å². The van der Waals surface area contributed by atoms with Gasteiger partial charge in [-0.25, -0.2) is 0 Å². The Kier molecular flexibility index (Phi) is 4.73. The fourth-order valence-corrected chi connectivity index (χ4v) is 1.17. The summed E-state index contributed by atoms with van der Waals surface area (Å²) in [4.78, 5) is 0. The van der Waals surface area contributed by atoms with E-state index in [1.807, 2.05) is 48.6 Å². The van der Waals surface area contributed by atoms with Crippen LogP contribution in [0, 0.1) is 0 Å². The molecule has 0 radical (unpaired) electrons. The Morgan fingerprint density at radius 1 is 1.29 bits per heavy atom. The smallest absolute Gasteiger partial charge is 0.0727 e. The van der Waals surface area contributed by atoms with Crippen LogP contribution in [0.3, 0.4) is 0 Å². The van der Waals surface area contributed by atoms with Gasteiger partial charge in [-0.05, 0) is 18.4 Å². The molecule has 0 heterocycles. The zero-order chi connectivity index (χ0) is 10.2. The molecule has 1 aromatic carbocycles. The lowest BCUT2D eigenvalue weighted by Gasteiger charge is -2.01. The van der Waals surface area contributed by atoms with Gasteiger partial charge in [0.1, 0.15) is 0 Å². The van der Waals surface area contributed by atoms with Crippen molar-refractivity contribution in [3.05, 3.63) is 54.6 Å². The standard InChI is InChI=1S/C13H16O/c1-2-3-9-13(14)11-10-12-7-5-4-6-8-12/h2,4-8,10-11,13-14H,1,3,9H2. The van der Waals surface area contributed by atoms with E-state index >= 15 is 0 Å². The first-order chi connectivity index (χ1) is 6.83. The number of benzene rings is 1. The zero-order valence-electron chi connectivity index (χ0n) is 8.26. The predicted molar refractivity (Wildman–Crippen MR) is 60.9 cm³/mol. The molecule has 0 saturated heterocycles. The van der Waals surface area contributed by atoms with Crippen molar-refractivity contribution in [2.24, 2.45) is 0 Å². The first-order valence-corrected chi connectivity index (χ1v) is 4.85. The molecule has 14 heavy (non-hydrogen) atoms. The van der Waals surface area contributed by atoms with Crippen molar-refractivity contribution in [3.8, 4) is 0 Å². The summed E-state index contributed by atoms with van der Waals surface area (Å²) in [5.41, 5.74) is 1.12. The van der Waals surface area contributed by atoms with Gasteiger partial charge in [0.2, 0.25) is 0 Å². The quantitative estimate of drug-likeness (QED) is 0.704. The number of hydrogen-bond acceptors (Lipinski definition) is 1. The molecular weight excluding hydrogens is 172 g/mol. The monoisotopic (exact) mass is 188 g/mol. The molecule has 0 amide bonds. The summed E-state index contributed by atoms with van der Waals surface area (Å²) in [5.74, 6) is 0. The third-order valence-corrected chi connectivity index (χ3v) is 1.98. The summed E-state index contributed by atoms with van der Waals surface area (Å²) in [5, 5.41) is 9.51. The number of allylic oxidation sites excluding steroid dienone is 1. The van der Waals surface area contributed by atoms with Gasteiger partial charge in [-0.2, -0.15) is 0 Å². The summed E-state index contributed by atoms with van der Waals surface area (Å²) < 4.78 is 0. The normalized spacial score (nSPS) is 12.9. The molecule has 0 aliphatic rings. The van der Waals surface area contributed by atoms with Crippen LogP contribution in [0.1, 0.15) is 18.4 Å². The van der Waals surface area contributed by atoms with Gasteiger partial charge in [0.25, 0.3) is 0 Å². The van der Waals surface area contributed by atoms with E-state index in [4.69, 9.17) is 0 Å². The van der Waals surface area contributed by atoms with Crippen molar-refractivity contribution in [1.82, 2.24) is 0 Å². The summed E-state index contributed by atoms with van der Waals surface area (Å²) >= 11 is 0. The third-order valence-electron chi connectivity index (χ3n) is 1.98. The molecule has 1 rings (SSSR count). The molecule has 1 N–H and O–H groups in total. The average Bonchev–Trinajstić information content (AvgIpc) is 2.25. The van der Waals surface area contributed by atoms with Crippen molar-refractivity contribution >= 4 is 6.08 Å². The van der Waals surface area contributed by atoms with Crippen molar-refractivity contribution in [2.75, 3.05) is 0 Å². The highest BCUT2D eigenvalue weighted by molar-refractivity contribution is 5.49. The van der Waals surface area contributed by atoms with Gasteiger partial charge in [-0.15, -0.1) is 6.58 Å². The lowest BCUT2D eigenvalue weighted by atomic mass is 10.1. The van der Waals surface area contributed by atoms with Gasteiger partial charge in [0.05, 0.1) is 6.10 Å². The maximum Gasteiger partial charge on any atom is 0.0727 e. The lowest BCUT2D eigenvalue weighted by molar-refractivity contribution is 0.215. The molecule has 0 spiro atoms. The first-order valence-electron chi connectivity index (χ1n) is 4.85. The molecule has 1 aromatic rings. The lowest BCUT2D eigenvalue weighted by Crippen LogP contribution is -2.00. The summed E-state index contributed by atoms with van der Waals surface area (Å²) in [7, 11) is 0. The van der Waals surface area contributed by atoms with E-state index in [1.54, 1.807) is 0 Å². The van der Waals surface area contributed by atoms with E-state index in [0.717, 1.165) is 18.4 Å². The Hall–Kier alpha value is -1.34. The fourth-order valence-electron chi connectivity index (χ4n) is 1.17. The summed E-state index contributed by atoms with van der Waals surface area (Å²) in [6.45, 7) is 3.62. The summed E-state index contributed by atoms with van der Waals surface area (Å²) in [6.07, 6.45) is 6.80. The van der Waals surface area contributed by atoms with Crippen molar-refractivity contribution in [2.45, 2.75) is 18.9 Å². The molecule has 0 aliphatic heterocycles. The third kappa shape index (κ3) is 4.06. The zero-order valence-corrected chi connectivity index (χ0v) is 8.26. The Morgan fingerprint density at radius 2 is 2.00 bits per heavy atom. The predicted octanol–water partition coefficient (Wildman–Crippen LogP) is 3.03. The van der Waals surface area contributed by atoms with Gasteiger partial charge in [0.15, 0.2) is 0 Å². The number of aliphatic hydroxyl groups excluding tert-OH is 1. The van der Waals surface area contributed by atoms with Gasteiger partial charge in [-0.1, -0.05) is 48.6 Å². The Morgan fingerprint density at radius 3 is 2.64 bits per heavy atom. The molecular formula is C13H16O. The Balaban J connectivity index is 2.43. The fraction of sp³-hybridized carbons (Fsp3) is 0.231. The van der Waals surface area contributed by atoms with E-state index in [1.165, 1.54) is 0 Å². The number of aliphatic hydroxyl groups is 1. The maximum absolute atomic E-state index is 9.51. The van der Waals surface area contributed by atoms with Crippen LogP contribution in [0.4, 0.5) is 0 Å². The minimum atomic E-state index is -0.367. The van der Waals surface area contributed by atoms with E-state index in [-0.39, 0.29) is 6.10 Å². The molecule has 0 aliphatic carbocycles. The molecule has 1 nitrogen and oxygen atoms in total. The molecule has 1 heteroatoms. The second kappa shape index (κ2) is 6.17. The highest BCUT2D eigenvalue weighted by atomic mass is 16.3. The van der Waals surface area contributed by atoms with Crippen LogP contribution in [-0.4, -0.2) is 11.2 Å². The minimum absolute atomic E-state index is 0.367. The van der Waals surface area contributed by atoms with E-state index in [2.05, 4.69) is 6.58 Å². The second-order valence-corrected chi connectivity index (χ2v) is 3.20. The van der Waals surface area contributed by atoms with E-state index < -0.39 is 0 Å².